The maximum absolute atomic E-state index is 13.3. The standard InChI is InChI=1S/C18H29FN4O.HI/c1-6-20-16(24)18(3,4)13-22-17(21-7-2)23(5)12-14-9-8-10-15(19)11-14;/h8-11H,6-7,12-13H2,1-5H3,(H,20,24)(H,21,22);1H. The molecule has 0 heterocycles. The van der Waals surface area contributed by atoms with E-state index < -0.39 is 5.41 Å². The smallest absolute Gasteiger partial charge is 0.227 e. The van der Waals surface area contributed by atoms with Gasteiger partial charge in [0.05, 0.1) is 12.0 Å². The zero-order valence-corrected chi connectivity index (χ0v) is 18.1. The van der Waals surface area contributed by atoms with E-state index in [4.69, 9.17) is 0 Å². The highest BCUT2D eigenvalue weighted by atomic mass is 127. The lowest BCUT2D eigenvalue weighted by Crippen LogP contribution is -2.42. The number of aliphatic imine (C=N–C) groups is 1. The van der Waals surface area contributed by atoms with Gasteiger partial charge in [-0.2, -0.15) is 0 Å². The number of nitrogens with one attached hydrogen (secondary N) is 2. The molecule has 0 aliphatic rings. The first-order chi connectivity index (χ1) is 11.3. The highest BCUT2D eigenvalue weighted by Crippen LogP contribution is 2.16. The van der Waals surface area contributed by atoms with Crippen molar-refractivity contribution in [2.45, 2.75) is 34.2 Å². The molecule has 0 atom stereocenters. The highest BCUT2D eigenvalue weighted by Gasteiger charge is 2.27. The zero-order chi connectivity index (χ0) is 18.2. The van der Waals surface area contributed by atoms with Gasteiger partial charge >= 0.3 is 0 Å². The van der Waals surface area contributed by atoms with Gasteiger partial charge in [-0.05, 0) is 45.4 Å². The van der Waals surface area contributed by atoms with Gasteiger partial charge in [0, 0.05) is 26.7 Å². The van der Waals surface area contributed by atoms with Crippen LogP contribution in [0.2, 0.25) is 0 Å². The average molecular weight is 464 g/mol. The van der Waals surface area contributed by atoms with E-state index in [1.807, 2.05) is 45.7 Å². The predicted molar refractivity (Wildman–Crippen MR) is 112 cm³/mol. The molecule has 5 nitrogen and oxygen atoms in total. The number of hydrogen-bond acceptors (Lipinski definition) is 2. The Morgan fingerprint density at radius 2 is 1.88 bits per heavy atom. The average Bonchev–Trinajstić information content (AvgIpc) is 2.51. The summed E-state index contributed by atoms with van der Waals surface area (Å²) in [5, 5.41) is 6.04. The Morgan fingerprint density at radius 1 is 1.24 bits per heavy atom. The number of carbonyl (C=O) groups excluding carboxylic acids is 1. The fraction of sp³-hybridized carbons (Fsp3) is 0.556. The summed E-state index contributed by atoms with van der Waals surface area (Å²) in [7, 11) is 1.89. The number of guanidine groups is 1. The Balaban J connectivity index is 0.00000576. The second-order valence-electron chi connectivity index (χ2n) is 6.40. The summed E-state index contributed by atoms with van der Waals surface area (Å²) >= 11 is 0. The van der Waals surface area contributed by atoms with Gasteiger partial charge in [0.2, 0.25) is 5.91 Å². The van der Waals surface area contributed by atoms with Crippen LogP contribution < -0.4 is 10.6 Å². The summed E-state index contributed by atoms with van der Waals surface area (Å²) in [6.07, 6.45) is 0. The van der Waals surface area contributed by atoms with Crippen LogP contribution in [0.15, 0.2) is 29.3 Å². The molecule has 142 valence electrons. The van der Waals surface area contributed by atoms with E-state index in [9.17, 15) is 9.18 Å². The first-order valence-corrected chi connectivity index (χ1v) is 8.32. The van der Waals surface area contributed by atoms with Crippen LogP contribution in [0.3, 0.4) is 0 Å². The van der Waals surface area contributed by atoms with Crippen molar-refractivity contribution < 1.29 is 9.18 Å². The number of hydrogen-bond donors (Lipinski definition) is 2. The predicted octanol–water partition coefficient (Wildman–Crippen LogP) is 3.00. The van der Waals surface area contributed by atoms with E-state index in [-0.39, 0.29) is 35.7 Å². The van der Waals surface area contributed by atoms with E-state index in [0.717, 1.165) is 5.56 Å². The lowest BCUT2D eigenvalue weighted by atomic mass is 9.92. The van der Waals surface area contributed by atoms with Gasteiger partial charge in [0.25, 0.3) is 0 Å². The van der Waals surface area contributed by atoms with Crippen molar-refractivity contribution in [3.63, 3.8) is 0 Å². The number of carbonyl (C=O) groups is 1. The summed E-state index contributed by atoms with van der Waals surface area (Å²) in [5.74, 6) is 0.428. The summed E-state index contributed by atoms with van der Waals surface area (Å²) in [5.41, 5.74) is 0.280. The van der Waals surface area contributed by atoms with Gasteiger partial charge in [-0.1, -0.05) is 12.1 Å². The molecule has 7 heteroatoms. The van der Waals surface area contributed by atoms with Crippen molar-refractivity contribution >= 4 is 35.8 Å². The third-order valence-corrected chi connectivity index (χ3v) is 3.58. The Kier molecular flexibility index (Phi) is 10.7. The van der Waals surface area contributed by atoms with E-state index >= 15 is 0 Å². The molecule has 1 rings (SSSR count). The van der Waals surface area contributed by atoms with E-state index in [0.29, 0.717) is 32.1 Å². The Bertz CT molecular complexity index is 578. The summed E-state index contributed by atoms with van der Waals surface area (Å²) < 4.78 is 13.3. The number of benzene rings is 1. The Labute approximate surface area is 167 Å². The van der Waals surface area contributed by atoms with Crippen molar-refractivity contribution in [3.05, 3.63) is 35.6 Å². The molecule has 0 saturated heterocycles. The van der Waals surface area contributed by atoms with Crippen molar-refractivity contribution in [2.24, 2.45) is 10.4 Å². The van der Waals surface area contributed by atoms with Gasteiger partial charge in [-0.15, -0.1) is 24.0 Å². The van der Waals surface area contributed by atoms with E-state index in [1.165, 1.54) is 12.1 Å². The van der Waals surface area contributed by atoms with Crippen LogP contribution in [0.1, 0.15) is 33.3 Å². The molecule has 1 amide bonds. The van der Waals surface area contributed by atoms with E-state index in [2.05, 4.69) is 15.6 Å². The van der Waals surface area contributed by atoms with Crippen molar-refractivity contribution in [2.75, 3.05) is 26.7 Å². The fourth-order valence-corrected chi connectivity index (χ4v) is 2.20. The lowest BCUT2D eigenvalue weighted by molar-refractivity contribution is -0.128. The van der Waals surface area contributed by atoms with Crippen molar-refractivity contribution in [1.82, 2.24) is 15.5 Å². The molecule has 0 unspecified atom stereocenters. The molecule has 25 heavy (non-hydrogen) atoms. The van der Waals surface area contributed by atoms with Crippen LogP contribution in [-0.2, 0) is 11.3 Å². The molecule has 2 N–H and O–H groups in total. The quantitative estimate of drug-likeness (QED) is 0.371. The molecular formula is C18H30FIN4O. The van der Waals surface area contributed by atoms with Crippen molar-refractivity contribution in [1.29, 1.82) is 0 Å². The molecule has 0 bridgehead atoms. The van der Waals surface area contributed by atoms with Crippen LogP contribution in [-0.4, -0.2) is 43.4 Å². The van der Waals surface area contributed by atoms with Crippen LogP contribution in [0.5, 0.6) is 0 Å². The topological polar surface area (TPSA) is 56.7 Å². The molecular weight excluding hydrogens is 434 g/mol. The minimum Gasteiger partial charge on any atom is -0.357 e. The van der Waals surface area contributed by atoms with Crippen LogP contribution in [0.25, 0.3) is 0 Å². The minimum absolute atomic E-state index is 0. The highest BCUT2D eigenvalue weighted by molar-refractivity contribution is 14.0. The van der Waals surface area contributed by atoms with Crippen LogP contribution in [0.4, 0.5) is 4.39 Å². The molecule has 0 spiro atoms. The normalized spacial score (nSPS) is 11.5. The van der Waals surface area contributed by atoms with Gasteiger partial charge in [0.15, 0.2) is 5.96 Å². The minimum atomic E-state index is -0.587. The van der Waals surface area contributed by atoms with Gasteiger partial charge in [-0.3, -0.25) is 9.79 Å². The summed E-state index contributed by atoms with van der Waals surface area (Å²) in [6, 6.07) is 6.51. The number of amides is 1. The fourth-order valence-electron chi connectivity index (χ4n) is 2.20. The Morgan fingerprint density at radius 3 is 2.44 bits per heavy atom. The lowest BCUT2D eigenvalue weighted by Gasteiger charge is -2.25. The third-order valence-electron chi connectivity index (χ3n) is 3.58. The van der Waals surface area contributed by atoms with Gasteiger partial charge < -0.3 is 15.5 Å². The number of halogens is 2. The summed E-state index contributed by atoms with van der Waals surface area (Å²) in [6.45, 7) is 9.85. The van der Waals surface area contributed by atoms with Gasteiger partial charge in [-0.25, -0.2) is 4.39 Å². The second-order valence-corrected chi connectivity index (χ2v) is 6.40. The molecule has 0 aliphatic carbocycles. The monoisotopic (exact) mass is 464 g/mol. The molecule has 0 saturated carbocycles. The Hall–Kier alpha value is -1.38. The number of rotatable bonds is 7. The van der Waals surface area contributed by atoms with E-state index in [1.54, 1.807) is 6.07 Å². The molecule has 0 aliphatic heterocycles. The molecule has 0 fully saturated rings. The molecule has 0 aromatic heterocycles. The van der Waals surface area contributed by atoms with Crippen LogP contribution >= 0.6 is 24.0 Å². The molecule has 1 aromatic carbocycles. The summed E-state index contributed by atoms with van der Waals surface area (Å²) in [4.78, 5) is 18.6. The van der Waals surface area contributed by atoms with Gasteiger partial charge in [0.1, 0.15) is 5.82 Å². The maximum atomic E-state index is 13.3. The number of nitrogens with zero attached hydrogens (tertiary/aromatic N) is 2. The third kappa shape index (κ3) is 8.02. The van der Waals surface area contributed by atoms with Crippen molar-refractivity contribution in [3.8, 4) is 0 Å². The molecule has 1 aromatic rings. The first-order valence-electron chi connectivity index (χ1n) is 8.32. The SMILES string of the molecule is CCNC(=O)C(C)(C)CN=C(NCC)N(C)Cc1cccc(F)c1.I. The zero-order valence-electron chi connectivity index (χ0n) is 15.7. The largest absolute Gasteiger partial charge is 0.357 e. The van der Waals surface area contributed by atoms with Crippen LogP contribution in [0, 0.1) is 11.2 Å². The first kappa shape index (κ1) is 23.6. The molecule has 0 radical (unpaired) electrons. The second kappa shape index (κ2) is 11.3. The maximum Gasteiger partial charge on any atom is 0.227 e.